The summed E-state index contributed by atoms with van der Waals surface area (Å²) in [6.07, 6.45) is 0.727. The van der Waals surface area contributed by atoms with Crippen LogP contribution in [0, 0.1) is 0 Å². The van der Waals surface area contributed by atoms with E-state index in [1.807, 2.05) is 5.38 Å². The third-order valence-corrected chi connectivity index (χ3v) is 6.43. The van der Waals surface area contributed by atoms with Gasteiger partial charge in [0, 0.05) is 38.1 Å². The molecule has 0 radical (unpaired) electrons. The van der Waals surface area contributed by atoms with Gasteiger partial charge in [-0.15, -0.1) is 11.3 Å². The fourth-order valence-corrected chi connectivity index (χ4v) is 4.51. The van der Waals surface area contributed by atoms with Crippen LogP contribution < -0.4 is 4.90 Å². The number of thiazole rings is 1. The number of alkyl halides is 3. The maximum Gasteiger partial charge on any atom is 0.501 e. The van der Waals surface area contributed by atoms with E-state index in [1.54, 1.807) is 16.5 Å². The van der Waals surface area contributed by atoms with E-state index in [9.17, 15) is 21.6 Å². The minimum atomic E-state index is -5.39. The molecule has 1 fully saturated rings. The zero-order valence-electron chi connectivity index (χ0n) is 13.8. The number of benzene rings is 1. The van der Waals surface area contributed by atoms with Gasteiger partial charge < -0.3 is 4.90 Å². The number of halogens is 3. The summed E-state index contributed by atoms with van der Waals surface area (Å²) in [7, 11) is -5.39. The lowest BCUT2D eigenvalue weighted by Gasteiger charge is -2.26. The number of aromatic nitrogens is 1. The summed E-state index contributed by atoms with van der Waals surface area (Å²) >= 11 is 1.52. The largest absolute Gasteiger partial charge is 0.501 e. The van der Waals surface area contributed by atoms with Crippen molar-refractivity contribution in [2.45, 2.75) is 23.4 Å². The molecule has 0 bridgehead atoms. The summed E-state index contributed by atoms with van der Waals surface area (Å²) in [6.45, 7) is 3.03. The number of rotatable bonds is 4. The molecule has 5 nitrogen and oxygen atoms in total. The Balaban J connectivity index is 1.80. The van der Waals surface area contributed by atoms with Gasteiger partial charge in [-0.3, -0.25) is 4.90 Å². The van der Waals surface area contributed by atoms with Gasteiger partial charge in [-0.25, -0.2) is 13.4 Å². The Hall–Kier alpha value is -1.65. The van der Waals surface area contributed by atoms with E-state index in [0.29, 0.717) is 26.2 Å². The van der Waals surface area contributed by atoms with E-state index in [0.717, 1.165) is 24.7 Å². The molecule has 1 aliphatic heterocycles. The highest BCUT2D eigenvalue weighted by atomic mass is 32.2. The van der Waals surface area contributed by atoms with E-state index < -0.39 is 20.2 Å². The molecule has 1 saturated heterocycles. The molecule has 1 aliphatic rings. The van der Waals surface area contributed by atoms with Gasteiger partial charge in [-0.2, -0.15) is 13.2 Å². The maximum absolute atomic E-state index is 13.0. The second kappa shape index (κ2) is 7.53. The van der Waals surface area contributed by atoms with Crippen LogP contribution in [-0.2, 0) is 16.4 Å². The topological polar surface area (TPSA) is 53.5 Å². The van der Waals surface area contributed by atoms with Crippen molar-refractivity contribution in [1.29, 1.82) is 0 Å². The number of sulfone groups is 1. The number of hydrogen-bond acceptors (Lipinski definition) is 6. The molecule has 0 unspecified atom stereocenters. The summed E-state index contributed by atoms with van der Waals surface area (Å²) in [5.41, 5.74) is -2.48. The summed E-state index contributed by atoms with van der Waals surface area (Å²) < 4.78 is 62.8. The van der Waals surface area contributed by atoms with E-state index in [1.165, 1.54) is 23.5 Å². The summed E-state index contributed by atoms with van der Waals surface area (Å²) in [5, 5.41) is 1.97. The van der Waals surface area contributed by atoms with Crippen LogP contribution in [0.3, 0.4) is 0 Å². The molecule has 0 spiro atoms. The molecule has 0 atom stereocenters. The molecule has 142 valence electrons. The summed E-state index contributed by atoms with van der Waals surface area (Å²) in [6, 6.07) is 5.34. The van der Waals surface area contributed by atoms with Crippen LogP contribution in [0.25, 0.3) is 0 Å². The molecule has 2 heterocycles. The first-order valence-corrected chi connectivity index (χ1v) is 10.5. The van der Waals surface area contributed by atoms with Crippen LogP contribution in [0.4, 0.5) is 18.9 Å². The molecule has 0 N–H and O–H groups in total. The second-order valence-corrected chi connectivity index (χ2v) is 8.64. The standard InChI is InChI=1S/C16H18F3N3O2S2/c17-16(18,19)26(23,24)15-5-2-1-4-14(15)22-7-3-6-21(8-9-22)10-13-11-25-12-20-13/h1-2,4-5,11-12H,3,6-10H2. The quantitative estimate of drug-likeness (QED) is 0.782. The lowest BCUT2D eigenvalue weighted by Crippen LogP contribution is -2.32. The van der Waals surface area contributed by atoms with Crippen LogP contribution in [0.2, 0.25) is 0 Å². The average Bonchev–Trinajstić information content (AvgIpc) is 2.98. The summed E-state index contributed by atoms with van der Waals surface area (Å²) in [4.78, 5) is 7.47. The van der Waals surface area contributed by atoms with Gasteiger partial charge >= 0.3 is 5.51 Å². The normalized spacial score (nSPS) is 17.3. The molecule has 10 heteroatoms. The Labute approximate surface area is 154 Å². The number of hydrogen-bond donors (Lipinski definition) is 0. The zero-order valence-corrected chi connectivity index (χ0v) is 15.4. The molecule has 1 aromatic carbocycles. The Morgan fingerprint density at radius 2 is 1.88 bits per heavy atom. The van der Waals surface area contributed by atoms with Crippen LogP contribution >= 0.6 is 11.3 Å². The van der Waals surface area contributed by atoms with Gasteiger partial charge in [0.15, 0.2) is 0 Å². The Bertz CT molecular complexity index is 839. The Morgan fingerprint density at radius 1 is 1.12 bits per heavy atom. The average molecular weight is 405 g/mol. The van der Waals surface area contributed by atoms with Crippen molar-refractivity contribution < 1.29 is 21.6 Å². The lowest BCUT2D eigenvalue weighted by atomic mass is 10.2. The molecule has 0 aliphatic carbocycles. The fourth-order valence-electron chi connectivity index (χ4n) is 2.98. The summed E-state index contributed by atoms with van der Waals surface area (Å²) in [5.74, 6) is 0. The van der Waals surface area contributed by atoms with Crippen molar-refractivity contribution in [2.24, 2.45) is 0 Å². The minimum absolute atomic E-state index is 0.111. The van der Waals surface area contributed by atoms with Gasteiger partial charge in [0.2, 0.25) is 0 Å². The molecule has 0 amide bonds. The number of para-hydroxylation sites is 1. The van der Waals surface area contributed by atoms with E-state index in [2.05, 4.69) is 9.88 Å². The van der Waals surface area contributed by atoms with Crippen molar-refractivity contribution in [3.8, 4) is 0 Å². The van der Waals surface area contributed by atoms with Gasteiger partial charge in [-0.05, 0) is 18.6 Å². The van der Waals surface area contributed by atoms with Gasteiger partial charge in [0.1, 0.15) is 0 Å². The third-order valence-electron chi connectivity index (χ3n) is 4.26. The van der Waals surface area contributed by atoms with Crippen LogP contribution in [0.5, 0.6) is 0 Å². The zero-order chi connectivity index (χ0) is 18.8. The smallest absolute Gasteiger partial charge is 0.369 e. The van der Waals surface area contributed by atoms with Gasteiger partial charge in [0.25, 0.3) is 9.84 Å². The highest BCUT2D eigenvalue weighted by Crippen LogP contribution is 2.36. The molecule has 0 saturated carbocycles. The Kier molecular flexibility index (Phi) is 5.54. The van der Waals surface area contributed by atoms with Gasteiger partial charge in [0.05, 0.1) is 21.8 Å². The van der Waals surface area contributed by atoms with Gasteiger partial charge in [-0.1, -0.05) is 12.1 Å². The highest BCUT2D eigenvalue weighted by molar-refractivity contribution is 7.92. The van der Waals surface area contributed by atoms with Crippen molar-refractivity contribution in [1.82, 2.24) is 9.88 Å². The first-order valence-electron chi connectivity index (χ1n) is 8.04. The van der Waals surface area contributed by atoms with E-state index >= 15 is 0 Å². The maximum atomic E-state index is 13.0. The molecule has 3 rings (SSSR count). The molecule has 1 aromatic heterocycles. The molecule has 2 aromatic rings. The third kappa shape index (κ3) is 4.02. The molecular formula is C16H18F3N3O2S2. The molecule has 26 heavy (non-hydrogen) atoms. The van der Waals surface area contributed by atoms with Crippen LogP contribution in [0.1, 0.15) is 12.1 Å². The SMILES string of the molecule is O=S(=O)(c1ccccc1N1CCCN(Cc2cscn2)CC1)C(F)(F)F. The molecular weight excluding hydrogens is 387 g/mol. The van der Waals surface area contributed by atoms with E-state index in [4.69, 9.17) is 0 Å². The van der Waals surface area contributed by atoms with Crippen molar-refractivity contribution >= 4 is 26.9 Å². The van der Waals surface area contributed by atoms with Crippen molar-refractivity contribution in [2.75, 3.05) is 31.1 Å². The Morgan fingerprint density at radius 3 is 2.58 bits per heavy atom. The fraction of sp³-hybridized carbons (Fsp3) is 0.438. The monoisotopic (exact) mass is 405 g/mol. The van der Waals surface area contributed by atoms with Crippen molar-refractivity contribution in [3.63, 3.8) is 0 Å². The predicted octanol–water partition coefficient (Wildman–Crippen LogP) is 3.15. The number of nitrogens with zero attached hydrogens (tertiary/aromatic N) is 3. The number of anilines is 1. The van der Waals surface area contributed by atoms with E-state index in [-0.39, 0.29) is 5.69 Å². The first-order chi connectivity index (χ1) is 12.3. The van der Waals surface area contributed by atoms with Crippen LogP contribution in [-0.4, -0.2) is 50.0 Å². The minimum Gasteiger partial charge on any atom is -0.369 e. The van der Waals surface area contributed by atoms with Crippen LogP contribution in [0.15, 0.2) is 40.1 Å². The first kappa shape index (κ1) is 19.1. The highest BCUT2D eigenvalue weighted by Gasteiger charge is 2.48. The lowest BCUT2D eigenvalue weighted by molar-refractivity contribution is -0.0435. The van der Waals surface area contributed by atoms with Crippen molar-refractivity contribution in [3.05, 3.63) is 40.8 Å². The predicted molar refractivity (Wildman–Crippen MR) is 93.9 cm³/mol. The second-order valence-electron chi connectivity index (χ2n) is 6.01.